The highest BCUT2D eigenvalue weighted by Crippen LogP contribution is 2.47. The fraction of sp³-hybridized carbons (Fsp3) is 0.300. The summed E-state index contributed by atoms with van der Waals surface area (Å²) >= 11 is 0. The number of benzene rings is 1. The largest absolute Gasteiger partial charge is 0.477 e. The first kappa shape index (κ1) is 19.6. The van der Waals surface area contributed by atoms with Crippen molar-refractivity contribution in [3.05, 3.63) is 48.1 Å². The summed E-state index contributed by atoms with van der Waals surface area (Å²) in [5, 5.41) is 22.0. The van der Waals surface area contributed by atoms with Crippen molar-refractivity contribution in [1.82, 2.24) is 14.5 Å². The number of rotatable bonds is 5. The number of carbonyl (C=O) groups is 3. The van der Waals surface area contributed by atoms with E-state index in [0.717, 1.165) is 0 Å². The number of aliphatic hydroxyl groups excluding tert-OH is 1. The van der Waals surface area contributed by atoms with Gasteiger partial charge in [-0.05, 0) is 36.6 Å². The maximum absolute atomic E-state index is 12.3. The van der Waals surface area contributed by atoms with Gasteiger partial charge < -0.3 is 24.4 Å². The van der Waals surface area contributed by atoms with Gasteiger partial charge in [-0.25, -0.2) is 14.6 Å². The number of aromatic nitrogens is 2. The summed E-state index contributed by atoms with van der Waals surface area (Å²) in [6.07, 6.45) is 1.84. The summed E-state index contributed by atoms with van der Waals surface area (Å²) in [5.74, 6) is -1.70. The number of carbonyl (C=O) groups excluding carboxylic acids is 2. The third-order valence-corrected chi connectivity index (χ3v) is 5.26. The molecular formula is C20H20N4O6. The van der Waals surface area contributed by atoms with Crippen LogP contribution in [-0.2, 0) is 16.6 Å². The van der Waals surface area contributed by atoms with Crippen LogP contribution in [0, 0.1) is 5.92 Å². The summed E-state index contributed by atoms with van der Waals surface area (Å²) < 4.78 is 6.95. The fourth-order valence-corrected chi connectivity index (χ4v) is 3.99. The number of nitrogens with one attached hydrogen (secondary N) is 1. The number of nitrogens with zero attached hydrogens (tertiary/aromatic N) is 3. The smallest absolute Gasteiger partial charge is 0.418 e. The second kappa shape index (κ2) is 7.30. The number of anilines is 1. The SMILES string of the molecule is C[C@@H](O)[C@H]1C(=O)N2C(C(=O)O)=C(c3cccc(OC(=O)Nc4cn(C)cn4)c3)C[C@H]12. The molecule has 2 amide bonds. The van der Waals surface area contributed by atoms with E-state index in [1.807, 2.05) is 0 Å². The molecule has 0 aliphatic carbocycles. The summed E-state index contributed by atoms with van der Waals surface area (Å²) in [6, 6.07) is 6.04. The minimum atomic E-state index is -1.22. The van der Waals surface area contributed by atoms with Gasteiger partial charge in [-0.2, -0.15) is 0 Å². The highest BCUT2D eigenvalue weighted by molar-refractivity contribution is 6.06. The lowest BCUT2D eigenvalue weighted by Crippen LogP contribution is -2.61. The van der Waals surface area contributed by atoms with Gasteiger partial charge in [0.1, 0.15) is 11.4 Å². The highest BCUT2D eigenvalue weighted by Gasteiger charge is 2.56. The lowest BCUT2D eigenvalue weighted by Gasteiger charge is -2.44. The van der Waals surface area contributed by atoms with Gasteiger partial charge in [-0.15, -0.1) is 0 Å². The number of aryl methyl sites for hydroxylation is 1. The van der Waals surface area contributed by atoms with Gasteiger partial charge in [-0.1, -0.05) is 12.1 Å². The van der Waals surface area contributed by atoms with Crippen LogP contribution in [0.5, 0.6) is 5.75 Å². The Morgan fingerprint density at radius 3 is 2.77 bits per heavy atom. The molecule has 0 spiro atoms. The second-order valence-corrected chi connectivity index (χ2v) is 7.35. The molecule has 1 fully saturated rings. The average molecular weight is 412 g/mol. The van der Waals surface area contributed by atoms with E-state index in [2.05, 4.69) is 10.3 Å². The molecule has 2 aliphatic heterocycles. The van der Waals surface area contributed by atoms with Crippen molar-refractivity contribution in [1.29, 1.82) is 0 Å². The van der Waals surface area contributed by atoms with E-state index < -0.39 is 36.0 Å². The minimum Gasteiger partial charge on any atom is -0.477 e. The van der Waals surface area contributed by atoms with Gasteiger partial charge in [0, 0.05) is 13.2 Å². The molecule has 2 aliphatic rings. The van der Waals surface area contributed by atoms with Crippen molar-refractivity contribution in [2.24, 2.45) is 13.0 Å². The standard InChI is InChI=1S/C20H20N4O6/c1-10(25)16-14-7-13(17(19(27)28)24(14)18(16)26)11-4-3-5-12(6-11)30-20(29)22-15-8-23(2)9-21-15/h3-6,8-10,14,16,25H,7H2,1-2H3,(H,22,29)(H,27,28)/t10-,14-,16-/m1/s1. The Kier molecular flexibility index (Phi) is 4.78. The highest BCUT2D eigenvalue weighted by atomic mass is 16.6. The number of aliphatic carboxylic acids is 1. The Hall–Kier alpha value is -3.66. The van der Waals surface area contributed by atoms with Gasteiger partial charge in [0.15, 0.2) is 5.82 Å². The Labute approximate surface area is 171 Å². The minimum absolute atomic E-state index is 0.100. The number of hydrogen-bond acceptors (Lipinski definition) is 6. The van der Waals surface area contributed by atoms with Crippen LogP contribution in [0.1, 0.15) is 18.9 Å². The molecule has 10 nitrogen and oxygen atoms in total. The lowest BCUT2D eigenvalue weighted by molar-refractivity contribution is -0.161. The van der Waals surface area contributed by atoms with E-state index >= 15 is 0 Å². The zero-order valence-electron chi connectivity index (χ0n) is 16.3. The molecule has 1 aromatic heterocycles. The second-order valence-electron chi connectivity index (χ2n) is 7.35. The Morgan fingerprint density at radius 1 is 1.37 bits per heavy atom. The molecule has 1 saturated heterocycles. The number of imidazole rings is 1. The van der Waals surface area contributed by atoms with Crippen LogP contribution in [0.25, 0.3) is 5.57 Å². The molecule has 0 radical (unpaired) electrons. The quantitative estimate of drug-likeness (QED) is 0.633. The molecule has 3 atom stereocenters. The number of hydrogen-bond donors (Lipinski definition) is 3. The molecule has 1 aromatic carbocycles. The fourth-order valence-electron chi connectivity index (χ4n) is 3.99. The molecule has 0 bridgehead atoms. The molecule has 3 heterocycles. The van der Waals surface area contributed by atoms with Crippen molar-refractivity contribution >= 4 is 29.4 Å². The maximum atomic E-state index is 12.3. The molecule has 156 valence electrons. The van der Waals surface area contributed by atoms with Crippen molar-refractivity contribution in [2.45, 2.75) is 25.5 Å². The molecule has 0 unspecified atom stereocenters. The maximum Gasteiger partial charge on any atom is 0.418 e. The number of aliphatic hydroxyl groups is 1. The van der Waals surface area contributed by atoms with Crippen molar-refractivity contribution in [2.75, 3.05) is 5.32 Å². The molecule has 2 aromatic rings. The normalized spacial score (nSPS) is 21.2. The number of β-lactam (4-membered cyclic amide) rings is 1. The Morgan fingerprint density at radius 2 is 2.13 bits per heavy atom. The van der Waals surface area contributed by atoms with Gasteiger partial charge in [-0.3, -0.25) is 10.1 Å². The van der Waals surface area contributed by atoms with Gasteiger partial charge in [0.2, 0.25) is 5.91 Å². The number of carboxylic acid groups (broad SMARTS) is 1. The molecule has 4 rings (SSSR count). The first-order chi connectivity index (χ1) is 14.3. The van der Waals surface area contributed by atoms with Crippen LogP contribution in [-0.4, -0.2) is 54.8 Å². The summed E-state index contributed by atoms with van der Waals surface area (Å²) in [7, 11) is 1.76. The van der Waals surface area contributed by atoms with E-state index in [-0.39, 0.29) is 11.4 Å². The van der Waals surface area contributed by atoms with E-state index in [9.17, 15) is 24.6 Å². The van der Waals surface area contributed by atoms with Crippen molar-refractivity contribution in [3.63, 3.8) is 0 Å². The van der Waals surface area contributed by atoms with E-state index in [4.69, 9.17) is 4.74 Å². The van der Waals surface area contributed by atoms with E-state index in [1.54, 1.807) is 42.1 Å². The number of amides is 2. The summed E-state index contributed by atoms with van der Waals surface area (Å²) in [4.78, 5) is 41.5. The monoisotopic (exact) mass is 412 g/mol. The van der Waals surface area contributed by atoms with E-state index in [0.29, 0.717) is 23.4 Å². The zero-order chi connectivity index (χ0) is 21.6. The third-order valence-electron chi connectivity index (χ3n) is 5.26. The number of ether oxygens (including phenoxy) is 1. The molecular weight excluding hydrogens is 392 g/mol. The molecule has 3 N–H and O–H groups in total. The predicted molar refractivity (Wildman–Crippen MR) is 104 cm³/mol. The molecule has 30 heavy (non-hydrogen) atoms. The van der Waals surface area contributed by atoms with Crippen LogP contribution >= 0.6 is 0 Å². The molecule has 0 saturated carbocycles. The van der Waals surface area contributed by atoms with Gasteiger partial charge in [0.05, 0.1) is 24.4 Å². The summed E-state index contributed by atoms with van der Waals surface area (Å²) in [5.41, 5.74) is 0.888. The Balaban J connectivity index is 1.56. The Bertz CT molecular complexity index is 1070. The number of carboxylic acids is 1. The average Bonchev–Trinajstić information content (AvgIpc) is 3.22. The van der Waals surface area contributed by atoms with Crippen molar-refractivity contribution in [3.8, 4) is 5.75 Å². The van der Waals surface area contributed by atoms with Gasteiger partial charge >= 0.3 is 12.1 Å². The van der Waals surface area contributed by atoms with Crippen molar-refractivity contribution < 1.29 is 29.3 Å². The van der Waals surface area contributed by atoms with Crippen LogP contribution in [0.3, 0.4) is 0 Å². The van der Waals surface area contributed by atoms with Crippen LogP contribution in [0.15, 0.2) is 42.5 Å². The van der Waals surface area contributed by atoms with Crippen LogP contribution in [0.2, 0.25) is 0 Å². The number of fused-ring (bicyclic) bond motifs is 1. The lowest BCUT2D eigenvalue weighted by atomic mass is 9.82. The first-order valence-corrected chi connectivity index (χ1v) is 9.31. The topological polar surface area (TPSA) is 134 Å². The van der Waals surface area contributed by atoms with Crippen LogP contribution < -0.4 is 10.1 Å². The van der Waals surface area contributed by atoms with E-state index in [1.165, 1.54) is 18.2 Å². The first-order valence-electron chi connectivity index (χ1n) is 9.31. The zero-order valence-corrected chi connectivity index (χ0v) is 16.3. The van der Waals surface area contributed by atoms with Crippen LogP contribution in [0.4, 0.5) is 10.6 Å². The molecule has 10 heteroatoms. The summed E-state index contributed by atoms with van der Waals surface area (Å²) in [6.45, 7) is 1.52. The predicted octanol–water partition coefficient (Wildman–Crippen LogP) is 1.44. The van der Waals surface area contributed by atoms with Gasteiger partial charge in [0.25, 0.3) is 0 Å². The third kappa shape index (κ3) is 3.30.